The quantitative estimate of drug-likeness (QED) is 0.734. The number of fused-ring (bicyclic) bond motifs is 2. The van der Waals surface area contributed by atoms with Crippen LogP contribution in [0.15, 0.2) is 11.4 Å². The molecule has 2 atom stereocenters. The molecule has 3 rings (SSSR count). The van der Waals surface area contributed by atoms with E-state index in [-0.39, 0.29) is 0 Å². The van der Waals surface area contributed by atoms with Gasteiger partial charge in [0.05, 0.1) is 4.88 Å². The van der Waals surface area contributed by atoms with Gasteiger partial charge in [0.2, 0.25) is 0 Å². The Balaban J connectivity index is 2.24. The van der Waals surface area contributed by atoms with Gasteiger partial charge in [0.25, 0.3) is 0 Å². The van der Waals surface area contributed by atoms with Crippen LogP contribution >= 0.6 is 11.3 Å². The van der Waals surface area contributed by atoms with Crippen LogP contribution in [0.25, 0.3) is 0 Å². The zero-order valence-corrected chi connectivity index (χ0v) is 12.2. The van der Waals surface area contributed by atoms with Crippen LogP contribution in [-0.4, -0.2) is 25.5 Å². The Hall–Kier alpha value is -0.200. The normalized spacial score (nSPS) is 38.9. The molecule has 2 unspecified atom stereocenters. The lowest BCUT2D eigenvalue weighted by Gasteiger charge is -2.40. The summed E-state index contributed by atoms with van der Waals surface area (Å²) in [6.45, 7) is 3.95. The molecule has 1 aromatic heterocycles. The van der Waals surface area contributed by atoms with Gasteiger partial charge in [0.1, 0.15) is 11.4 Å². The van der Waals surface area contributed by atoms with E-state index >= 15 is 0 Å². The molecular weight excluding hydrogens is 276 g/mol. The van der Waals surface area contributed by atoms with E-state index in [9.17, 15) is 8.42 Å². The van der Waals surface area contributed by atoms with Crippen LogP contribution in [0.3, 0.4) is 0 Å². The van der Waals surface area contributed by atoms with Crippen molar-refractivity contribution in [3.05, 3.63) is 16.3 Å². The van der Waals surface area contributed by atoms with Crippen LogP contribution in [0.5, 0.6) is 5.75 Å². The van der Waals surface area contributed by atoms with E-state index in [0.717, 1.165) is 10.6 Å². The third-order valence-electron chi connectivity index (χ3n) is 3.21. The van der Waals surface area contributed by atoms with Gasteiger partial charge in [-0.2, -0.15) is 0 Å². The molecule has 1 spiro atoms. The van der Waals surface area contributed by atoms with Crippen molar-refractivity contribution in [3.63, 3.8) is 0 Å². The Labute approximate surface area is 109 Å². The maximum Gasteiger partial charge on any atom is 0.162 e. The van der Waals surface area contributed by atoms with Crippen molar-refractivity contribution in [2.24, 2.45) is 0 Å². The minimum absolute atomic E-state index is 0.399. The third-order valence-corrected chi connectivity index (χ3v) is 9.22. The van der Waals surface area contributed by atoms with Gasteiger partial charge in [-0.05, 0) is 25.3 Å². The van der Waals surface area contributed by atoms with Crippen molar-refractivity contribution in [1.82, 2.24) is 0 Å². The molecule has 6 heteroatoms. The molecule has 0 aliphatic carbocycles. The Morgan fingerprint density at radius 1 is 1.29 bits per heavy atom. The van der Waals surface area contributed by atoms with E-state index in [1.807, 2.05) is 25.3 Å². The fourth-order valence-electron chi connectivity index (χ4n) is 2.58. The molecule has 1 aromatic rings. The van der Waals surface area contributed by atoms with Crippen LogP contribution in [0.4, 0.5) is 0 Å². The highest BCUT2D eigenvalue weighted by Crippen LogP contribution is 2.53. The van der Waals surface area contributed by atoms with Gasteiger partial charge in [-0.3, -0.25) is 8.42 Å². The van der Waals surface area contributed by atoms with Crippen LogP contribution in [0, 0.1) is 0 Å². The first-order valence-electron chi connectivity index (χ1n) is 5.50. The molecule has 2 aliphatic heterocycles. The van der Waals surface area contributed by atoms with Gasteiger partial charge >= 0.3 is 0 Å². The maximum atomic E-state index is 12.4. The SMILES string of the molecule is CC1(C)CC2(c3sccc3O1)S(=O)CCS2=O. The summed E-state index contributed by atoms with van der Waals surface area (Å²) in [5.41, 5.74) is -0.399. The Morgan fingerprint density at radius 2 is 1.94 bits per heavy atom. The largest absolute Gasteiger partial charge is 0.487 e. The summed E-state index contributed by atoms with van der Waals surface area (Å²) < 4.78 is 30.0. The minimum atomic E-state index is -1.05. The zero-order valence-electron chi connectivity index (χ0n) is 9.73. The van der Waals surface area contributed by atoms with Gasteiger partial charge in [0.15, 0.2) is 4.08 Å². The smallest absolute Gasteiger partial charge is 0.162 e. The molecule has 3 heterocycles. The predicted molar refractivity (Wildman–Crippen MR) is 71.3 cm³/mol. The lowest BCUT2D eigenvalue weighted by atomic mass is 9.98. The van der Waals surface area contributed by atoms with Crippen LogP contribution in [0.1, 0.15) is 25.1 Å². The van der Waals surface area contributed by atoms with E-state index in [1.165, 1.54) is 11.3 Å². The first-order chi connectivity index (χ1) is 7.96. The molecule has 0 radical (unpaired) electrons. The van der Waals surface area contributed by atoms with E-state index in [0.29, 0.717) is 17.9 Å². The summed E-state index contributed by atoms with van der Waals surface area (Å²) in [5.74, 6) is 1.86. The molecule has 0 aromatic carbocycles. The Kier molecular flexibility index (Phi) is 2.55. The average Bonchev–Trinajstić information content (AvgIpc) is 2.78. The third kappa shape index (κ3) is 1.57. The second-order valence-corrected chi connectivity index (χ2v) is 9.77. The van der Waals surface area contributed by atoms with Crippen molar-refractivity contribution in [2.75, 3.05) is 11.5 Å². The molecule has 0 N–H and O–H groups in total. The van der Waals surface area contributed by atoms with E-state index in [2.05, 4.69) is 0 Å². The lowest BCUT2D eigenvalue weighted by molar-refractivity contribution is 0.0797. The summed E-state index contributed by atoms with van der Waals surface area (Å²) in [6, 6.07) is 1.90. The molecule has 3 nitrogen and oxygen atoms in total. The summed E-state index contributed by atoms with van der Waals surface area (Å²) >= 11 is 1.52. The van der Waals surface area contributed by atoms with E-state index in [4.69, 9.17) is 4.74 Å². The molecule has 0 amide bonds. The van der Waals surface area contributed by atoms with Crippen molar-refractivity contribution in [3.8, 4) is 5.75 Å². The number of hydrogen-bond acceptors (Lipinski definition) is 4. The van der Waals surface area contributed by atoms with Crippen molar-refractivity contribution >= 4 is 32.9 Å². The molecule has 1 saturated heterocycles. The molecule has 0 bridgehead atoms. The summed E-state index contributed by atoms with van der Waals surface area (Å²) in [5, 5.41) is 1.93. The fourth-order valence-corrected chi connectivity index (χ4v) is 9.07. The lowest BCUT2D eigenvalue weighted by Crippen LogP contribution is -2.46. The Morgan fingerprint density at radius 3 is 2.59 bits per heavy atom. The number of thiophene rings is 1. The highest BCUT2D eigenvalue weighted by molar-refractivity contribution is 8.07. The van der Waals surface area contributed by atoms with Gasteiger partial charge in [-0.25, -0.2) is 0 Å². The average molecular weight is 290 g/mol. The van der Waals surface area contributed by atoms with Crippen LogP contribution in [-0.2, 0) is 25.7 Å². The molecule has 17 heavy (non-hydrogen) atoms. The van der Waals surface area contributed by atoms with Gasteiger partial charge < -0.3 is 4.74 Å². The highest BCUT2D eigenvalue weighted by atomic mass is 32.3. The molecule has 2 aliphatic rings. The maximum absolute atomic E-state index is 12.4. The first-order valence-corrected chi connectivity index (χ1v) is 9.01. The van der Waals surface area contributed by atoms with Crippen LogP contribution in [0.2, 0.25) is 0 Å². The van der Waals surface area contributed by atoms with E-state index < -0.39 is 31.3 Å². The molecule has 94 valence electrons. The van der Waals surface area contributed by atoms with Gasteiger partial charge in [0, 0.05) is 39.5 Å². The number of ether oxygens (including phenoxy) is 1. The highest BCUT2D eigenvalue weighted by Gasteiger charge is 2.57. The second kappa shape index (κ2) is 3.65. The van der Waals surface area contributed by atoms with E-state index in [1.54, 1.807) is 0 Å². The van der Waals surface area contributed by atoms with Crippen molar-refractivity contribution in [2.45, 2.75) is 29.9 Å². The minimum Gasteiger partial charge on any atom is -0.487 e. The molecule has 1 fully saturated rings. The monoisotopic (exact) mass is 290 g/mol. The summed E-state index contributed by atoms with van der Waals surface area (Å²) in [7, 11) is -2.11. The number of rotatable bonds is 0. The fraction of sp³-hybridized carbons (Fsp3) is 0.636. The molecule has 0 saturated carbocycles. The standard InChI is InChI=1S/C11H14O3S3/c1-10(2)7-11(16(12)5-6-17(11)13)9-8(14-10)3-4-15-9/h3-4H,5-7H2,1-2H3. The Bertz CT molecular complexity index is 502. The summed E-state index contributed by atoms with van der Waals surface area (Å²) in [6.07, 6.45) is 0.576. The summed E-state index contributed by atoms with van der Waals surface area (Å²) in [4.78, 5) is 0.922. The zero-order chi connectivity index (χ0) is 12.3. The number of hydrogen-bond donors (Lipinski definition) is 0. The topological polar surface area (TPSA) is 43.4 Å². The van der Waals surface area contributed by atoms with Gasteiger partial charge in [-0.1, -0.05) is 0 Å². The predicted octanol–water partition coefficient (Wildman–Crippen LogP) is 1.97. The van der Waals surface area contributed by atoms with Crippen LogP contribution < -0.4 is 4.74 Å². The molecular formula is C11H14O3S3. The van der Waals surface area contributed by atoms with Crippen molar-refractivity contribution < 1.29 is 13.2 Å². The first kappa shape index (κ1) is 11.9. The van der Waals surface area contributed by atoms with Gasteiger partial charge in [-0.15, -0.1) is 11.3 Å². The van der Waals surface area contributed by atoms with Crippen molar-refractivity contribution in [1.29, 1.82) is 0 Å². The second-order valence-electron chi connectivity index (χ2n) is 5.00.